The smallest absolute Gasteiger partial charge is 0.374 e. The molecule has 0 saturated heterocycles. The van der Waals surface area contributed by atoms with Crippen molar-refractivity contribution in [1.82, 2.24) is 0 Å². The van der Waals surface area contributed by atoms with Gasteiger partial charge in [-0.2, -0.15) is 0 Å². The Morgan fingerprint density at radius 2 is 1.72 bits per heavy atom. The number of fused-ring (bicyclic) bond motifs is 1. The van der Waals surface area contributed by atoms with Crippen LogP contribution >= 0.6 is 0 Å². The maximum absolute atomic E-state index is 12.5. The van der Waals surface area contributed by atoms with Gasteiger partial charge >= 0.3 is 5.97 Å². The SMILES string of the molecule is CCCc1c(OCCCOc2ccc(C(C)=O)c(O)c2C(C)C)ccc2c(=O)cc(C(=O)OC)oc12. The normalized spacial score (nSPS) is 11.1. The second kappa shape index (κ2) is 11.7. The topological polar surface area (TPSA) is 112 Å². The fraction of sp³-hybridized carbons (Fsp3) is 0.393. The van der Waals surface area contributed by atoms with Crippen LogP contribution in [0.15, 0.2) is 39.5 Å². The number of phenolic OH excluding ortho intramolecular Hbond substituents is 1. The molecule has 0 saturated carbocycles. The summed E-state index contributed by atoms with van der Waals surface area (Å²) < 4.78 is 22.4. The molecule has 0 fully saturated rings. The van der Waals surface area contributed by atoms with Crippen LogP contribution in [-0.2, 0) is 11.2 Å². The largest absolute Gasteiger partial charge is 0.507 e. The van der Waals surface area contributed by atoms with Crippen molar-refractivity contribution in [2.24, 2.45) is 0 Å². The van der Waals surface area contributed by atoms with Crippen LogP contribution in [0.2, 0.25) is 0 Å². The molecular formula is C28H32O8. The molecule has 0 aliphatic carbocycles. The molecule has 3 rings (SSSR count). The maximum atomic E-state index is 12.5. The fourth-order valence-corrected chi connectivity index (χ4v) is 4.06. The van der Waals surface area contributed by atoms with Crippen molar-refractivity contribution in [3.05, 3.63) is 63.0 Å². The van der Waals surface area contributed by atoms with Crippen molar-refractivity contribution in [3.8, 4) is 17.2 Å². The van der Waals surface area contributed by atoms with Crippen LogP contribution in [0.1, 0.15) is 78.5 Å². The highest BCUT2D eigenvalue weighted by atomic mass is 16.5. The van der Waals surface area contributed by atoms with Crippen LogP contribution in [0.25, 0.3) is 11.0 Å². The first-order valence-corrected chi connectivity index (χ1v) is 12.0. The van der Waals surface area contributed by atoms with E-state index in [0.29, 0.717) is 59.7 Å². The number of hydrogen-bond donors (Lipinski definition) is 1. The highest BCUT2D eigenvalue weighted by Gasteiger charge is 2.20. The summed E-state index contributed by atoms with van der Waals surface area (Å²) in [6.45, 7) is 7.92. The number of ether oxygens (including phenoxy) is 3. The van der Waals surface area contributed by atoms with Crippen molar-refractivity contribution in [2.45, 2.75) is 52.9 Å². The van der Waals surface area contributed by atoms with E-state index in [0.717, 1.165) is 12.5 Å². The highest BCUT2D eigenvalue weighted by Crippen LogP contribution is 2.37. The van der Waals surface area contributed by atoms with Crippen molar-refractivity contribution in [2.75, 3.05) is 20.3 Å². The Morgan fingerprint density at radius 1 is 1.06 bits per heavy atom. The molecule has 8 nitrogen and oxygen atoms in total. The molecule has 0 aliphatic rings. The van der Waals surface area contributed by atoms with Crippen LogP contribution in [-0.4, -0.2) is 37.2 Å². The first kappa shape index (κ1) is 26.8. The molecule has 0 spiro atoms. The lowest BCUT2D eigenvalue weighted by atomic mass is 9.96. The molecule has 0 atom stereocenters. The van der Waals surface area contributed by atoms with Crippen LogP contribution in [0, 0.1) is 0 Å². The first-order chi connectivity index (χ1) is 17.2. The van der Waals surface area contributed by atoms with E-state index in [1.165, 1.54) is 14.0 Å². The van der Waals surface area contributed by atoms with Crippen LogP contribution < -0.4 is 14.9 Å². The summed E-state index contributed by atoms with van der Waals surface area (Å²) in [5.74, 6) is -0.0559. The summed E-state index contributed by atoms with van der Waals surface area (Å²) >= 11 is 0. The Labute approximate surface area is 209 Å². The quantitative estimate of drug-likeness (QED) is 0.213. The summed E-state index contributed by atoms with van der Waals surface area (Å²) in [6.07, 6.45) is 1.92. The lowest BCUT2D eigenvalue weighted by Crippen LogP contribution is -2.11. The molecule has 36 heavy (non-hydrogen) atoms. The zero-order valence-corrected chi connectivity index (χ0v) is 21.3. The molecule has 3 aromatic rings. The molecule has 8 heteroatoms. The molecule has 2 aromatic carbocycles. The number of ketones is 1. The number of esters is 1. The van der Waals surface area contributed by atoms with Crippen molar-refractivity contribution in [3.63, 3.8) is 0 Å². The van der Waals surface area contributed by atoms with Gasteiger partial charge < -0.3 is 23.7 Å². The molecule has 1 aromatic heterocycles. The minimum absolute atomic E-state index is 0.0331. The van der Waals surface area contributed by atoms with Crippen molar-refractivity contribution in [1.29, 1.82) is 0 Å². The zero-order chi connectivity index (χ0) is 26.4. The average molecular weight is 497 g/mol. The molecule has 0 amide bonds. The van der Waals surface area contributed by atoms with Crippen molar-refractivity contribution < 1.29 is 33.3 Å². The average Bonchev–Trinajstić information content (AvgIpc) is 2.83. The predicted octanol–water partition coefficient (Wildman–Crippen LogP) is 5.41. The number of benzene rings is 2. The number of rotatable bonds is 11. The van der Waals surface area contributed by atoms with E-state index >= 15 is 0 Å². The van der Waals surface area contributed by atoms with E-state index in [-0.39, 0.29) is 34.2 Å². The number of aromatic hydroxyl groups is 1. The van der Waals surface area contributed by atoms with Gasteiger partial charge in [-0.05, 0) is 43.5 Å². The summed E-state index contributed by atoms with van der Waals surface area (Å²) in [6, 6.07) is 7.77. The van der Waals surface area contributed by atoms with Crippen LogP contribution in [0.4, 0.5) is 0 Å². The predicted molar refractivity (Wildman–Crippen MR) is 136 cm³/mol. The Balaban J connectivity index is 1.75. The van der Waals surface area contributed by atoms with Gasteiger partial charge in [0.15, 0.2) is 11.2 Å². The van der Waals surface area contributed by atoms with Gasteiger partial charge in [-0.3, -0.25) is 9.59 Å². The van der Waals surface area contributed by atoms with Gasteiger partial charge in [-0.1, -0.05) is 27.2 Å². The van der Waals surface area contributed by atoms with Gasteiger partial charge in [0.05, 0.1) is 31.3 Å². The van der Waals surface area contributed by atoms with E-state index in [4.69, 9.17) is 18.6 Å². The molecule has 0 aliphatic heterocycles. The monoisotopic (exact) mass is 496 g/mol. The summed E-state index contributed by atoms with van der Waals surface area (Å²) in [7, 11) is 1.23. The lowest BCUT2D eigenvalue weighted by Gasteiger charge is -2.18. The minimum Gasteiger partial charge on any atom is -0.507 e. The molecule has 1 heterocycles. The van der Waals surface area contributed by atoms with E-state index in [2.05, 4.69) is 0 Å². The van der Waals surface area contributed by atoms with Gasteiger partial charge in [-0.25, -0.2) is 4.79 Å². The Morgan fingerprint density at radius 3 is 2.33 bits per heavy atom. The maximum Gasteiger partial charge on any atom is 0.374 e. The van der Waals surface area contributed by atoms with E-state index in [1.807, 2.05) is 20.8 Å². The van der Waals surface area contributed by atoms with Gasteiger partial charge in [-0.15, -0.1) is 0 Å². The van der Waals surface area contributed by atoms with Gasteiger partial charge in [0.2, 0.25) is 5.76 Å². The van der Waals surface area contributed by atoms with E-state index in [1.54, 1.807) is 24.3 Å². The van der Waals surface area contributed by atoms with Gasteiger partial charge in [0.1, 0.15) is 22.8 Å². The summed E-state index contributed by atoms with van der Waals surface area (Å²) in [5, 5.41) is 10.9. The van der Waals surface area contributed by atoms with Crippen molar-refractivity contribution >= 4 is 22.7 Å². The third kappa shape index (κ3) is 5.70. The lowest BCUT2D eigenvalue weighted by molar-refractivity contribution is 0.0565. The summed E-state index contributed by atoms with van der Waals surface area (Å²) in [5.41, 5.74) is 1.58. The third-order valence-electron chi connectivity index (χ3n) is 5.78. The molecule has 0 unspecified atom stereocenters. The molecular weight excluding hydrogens is 464 g/mol. The Hall–Kier alpha value is -3.81. The highest BCUT2D eigenvalue weighted by molar-refractivity contribution is 5.97. The number of methoxy groups -OCH3 is 1. The van der Waals surface area contributed by atoms with E-state index in [9.17, 15) is 19.5 Å². The number of hydrogen-bond acceptors (Lipinski definition) is 8. The van der Waals surface area contributed by atoms with E-state index < -0.39 is 5.97 Å². The van der Waals surface area contributed by atoms with Gasteiger partial charge in [0.25, 0.3) is 0 Å². The number of aryl methyl sites for hydroxylation is 1. The fourth-order valence-electron chi connectivity index (χ4n) is 4.06. The minimum atomic E-state index is -0.719. The summed E-state index contributed by atoms with van der Waals surface area (Å²) in [4.78, 5) is 36.2. The van der Waals surface area contributed by atoms with Crippen LogP contribution in [0.3, 0.4) is 0 Å². The number of carbonyl (C=O) groups excluding carboxylic acids is 2. The number of phenols is 1. The molecule has 0 bridgehead atoms. The second-order valence-corrected chi connectivity index (χ2v) is 8.77. The van der Waals surface area contributed by atoms with Gasteiger partial charge in [0, 0.05) is 23.6 Å². The number of Topliss-reactive ketones (excluding diaryl/α,β-unsaturated/α-hetero) is 1. The standard InChI is InChI=1S/C28H32O8/c1-6-8-20-22(11-10-19-21(30)15-24(28(32)33-5)36-27(19)20)34-13-7-14-35-23-12-9-18(17(4)29)26(31)25(23)16(2)3/h9-12,15-16,31H,6-8,13-14H2,1-5H3. The molecule has 1 N–H and O–H groups in total. The zero-order valence-electron chi connectivity index (χ0n) is 21.3. The molecule has 192 valence electrons. The second-order valence-electron chi connectivity index (χ2n) is 8.77. The number of carbonyl (C=O) groups is 2. The Kier molecular flexibility index (Phi) is 8.74. The Bertz CT molecular complexity index is 1320. The first-order valence-electron chi connectivity index (χ1n) is 12.0. The molecule has 0 radical (unpaired) electrons. The van der Waals surface area contributed by atoms with Crippen LogP contribution in [0.5, 0.6) is 17.2 Å². The third-order valence-corrected chi connectivity index (χ3v) is 5.78.